The van der Waals surface area contributed by atoms with Crippen molar-refractivity contribution < 1.29 is 0 Å². The van der Waals surface area contributed by atoms with E-state index in [1.165, 1.54) is 117 Å². The minimum Gasteiger partial charge on any atom is -0.0874 e. The number of fused-ring (bicyclic) bond motifs is 7. The number of allylic oxidation sites excluding steroid dienone is 4. The van der Waals surface area contributed by atoms with Crippen LogP contribution in [0, 0.1) is 0 Å². The van der Waals surface area contributed by atoms with Crippen LogP contribution < -0.4 is 0 Å². The summed E-state index contributed by atoms with van der Waals surface area (Å²) in [4.78, 5) is 0. The van der Waals surface area contributed by atoms with Gasteiger partial charge in [-0.1, -0.05) is 167 Å². The summed E-state index contributed by atoms with van der Waals surface area (Å²) in [5.74, 6) is 0.663. The molecule has 1 aliphatic carbocycles. The van der Waals surface area contributed by atoms with Crippen molar-refractivity contribution in [1.29, 1.82) is 0 Å². The summed E-state index contributed by atoms with van der Waals surface area (Å²) in [5, 5.41) is 10.6. The van der Waals surface area contributed by atoms with Crippen LogP contribution in [0.4, 0.5) is 0 Å². The summed E-state index contributed by atoms with van der Waals surface area (Å²) in [6, 6.07) is 52.9. The lowest BCUT2D eigenvalue weighted by molar-refractivity contribution is 0.920. The van der Waals surface area contributed by atoms with E-state index < -0.39 is 0 Å². The van der Waals surface area contributed by atoms with Crippen LogP contribution in [-0.2, 0) is 6.42 Å². The Morgan fingerprint density at radius 2 is 1.13 bits per heavy atom. The highest BCUT2D eigenvalue weighted by atomic mass is 14.3. The molecule has 0 atom stereocenters. The van der Waals surface area contributed by atoms with Gasteiger partial charge in [0.1, 0.15) is 0 Å². The molecule has 0 N–H and O–H groups in total. The molecule has 1 fully saturated rings. The maximum atomic E-state index is 2.46. The summed E-state index contributed by atoms with van der Waals surface area (Å²) in [5.41, 5.74) is 14.8. The first-order valence-electron chi connectivity index (χ1n) is 20.5. The fourth-order valence-electron chi connectivity index (χ4n) is 8.89. The van der Waals surface area contributed by atoms with Crippen LogP contribution in [0.2, 0.25) is 0 Å². The zero-order valence-electron chi connectivity index (χ0n) is 33.3. The normalized spacial score (nSPS) is 13.4. The average Bonchev–Trinajstić information content (AvgIpc) is 4.10. The van der Waals surface area contributed by atoms with Gasteiger partial charge >= 0.3 is 0 Å². The van der Waals surface area contributed by atoms with E-state index in [0.717, 1.165) is 12.8 Å². The molecule has 0 aliphatic heterocycles. The van der Waals surface area contributed by atoms with Gasteiger partial charge in [0.25, 0.3) is 0 Å². The van der Waals surface area contributed by atoms with Gasteiger partial charge in [0.15, 0.2) is 0 Å². The Morgan fingerprint density at radius 3 is 1.76 bits per heavy atom. The first-order valence-corrected chi connectivity index (χ1v) is 20.5. The molecule has 0 saturated heterocycles. The van der Waals surface area contributed by atoms with Crippen molar-refractivity contribution in [3.05, 3.63) is 174 Å². The summed E-state index contributed by atoms with van der Waals surface area (Å²) in [6.07, 6.45) is 9.09. The predicted octanol–water partition coefficient (Wildman–Crippen LogP) is 16.5. The fourth-order valence-corrected chi connectivity index (χ4v) is 8.89. The van der Waals surface area contributed by atoms with Crippen LogP contribution in [0.1, 0.15) is 83.4 Å². The van der Waals surface area contributed by atoms with Gasteiger partial charge in [-0.15, -0.1) is 0 Å². The number of hydrogen-bond donors (Lipinski definition) is 0. The Morgan fingerprint density at radius 1 is 0.545 bits per heavy atom. The van der Waals surface area contributed by atoms with Crippen molar-refractivity contribution in [2.24, 2.45) is 0 Å². The molecular formula is C55H52. The highest BCUT2D eigenvalue weighted by molar-refractivity contribution is 6.26. The maximum absolute atomic E-state index is 2.46. The molecule has 1 saturated carbocycles. The van der Waals surface area contributed by atoms with E-state index in [-0.39, 0.29) is 0 Å². The second-order valence-corrected chi connectivity index (χ2v) is 15.0. The smallest absolute Gasteiger partial charge is 0.00642 e. The van der Waals surface area contributed by atoms with Crippen molar-refractivity contribution in [1.82, 2.24) is 0 Å². The Balaban J connectivity index is 0.00000210. The Kier molecular flexibility index (Phi) is 10.3. The predicted molar refractivity (Wildman–Crippen MR) is 243 cm³/mol. The van der Waals surface area contributed by atoms with Crippen LogP contribution in [0.25, 0.3) is 82.0 Å². The standard InChI is InChI=1S/C53H46.C2H6/c1-5-14-34(3)35(4)40-20-12-21-41(45(40)15-6-2)38-26-28-48-49-29-27-39(33-52(49)47-19-11-10-18-46(47)51(48)32-38)42-30-31-44(37-24-25-37)53-43(22-13-23-50(42)53)36-16-8-7-9-17-36;1-2/h5,7-14,16-23,26-33,37H,6,15,24-25H2,1-4H3;1-2H3/b14-5-,35-34+;. The molecule has 272 valence electrons. The van der Waals surface area contributed by atoms with Crippen LogP contribution in [0.15, 0.2) is 157 Å². The van der Waals surface area contributed by atoms with Gasteiger partial charge in [0.05, 0.1) is 0 Å². The van der Waals surface area contributed by atoms with Gasteiger partial charge in [0.2, 0.25) is 0 Å². The van der Waals surface area contributed by atoms with E-state index in [1.807, 2.05) is 13.8 Å². The quantitative estimate of drug-likeness (QED) is 0.109. The second-order valence-electron chi connectivity index (χ2n) is 15.0. The van der Waals surface area contributed by atoms with Crippen LogP contribution >= 0.6 is 0 Å². The summed E-state index contributed by atoms with van der Waals surface area (Å²) >= 11 is 0. The molecule has 0 aromatic heterocycles. The van der Waals surface area contributed by atoms with E-state index in [0.29, 0.717) is 5.92 Å². The lowest BCUT2D eigenvalue weighted by atomic mass is 9.85. The Bertz CT molecular complexity index is 2730. The number of rotatable bonds is 8. The Labute approximate surface area is 327 Å². The molecule has 0 heteroatoms. The van der Waals surface area contributed by atoms with E-state index in [9.17, 15) is 0 Å². The molecule has 0 bridgehead atoms. The molecule has 0 unspecified atom stereocenters. The van der Waals surface area contributed by atoms with E-state index in [2.05, 4.69) is 179 Å². The van der Waals surface area contributed by atoms with Gasteiger partial charge in [-0.2, -0.15) is 0 Å². The summed E-state index contributed by atoms with van der Waals surface area (Å²) in [7, 11) is 0. The van der Waals surface area contributed by atoms with Crippen molar-refractivity contribution in [3.8, 4) is 33.4 Å². The number of benzene rings is 8. The lowest BCUT2D eigenvalue weighted by Gasteiger charge is -2.18. The summed E-state index contributed by atoms with van der Waals surface area (Å²) in [6.45, 7) is 12.9. The van der Waals surface area contributed by atoms with Gasteiger partial charge < -0.3 is 0 Å². The molecule has 55 heavy (non-hydrogen) atoms. The average molecular weight is 713 g/mol. The van der Waals surface area contributed by atoms with E-state index >= 15 is 0 Å². The zero-order valence-corrected chi connectivity index (χ0v) is 33.3. The third-order valence-electron chi connectivity index (χ3n) is 11.7. The van der Waals surface area contributed by atoms with E-state index in [1.54, 1.807) is 0 Å². The SMILES string of the molecule is C/C=C\C(C)=C(/C)c1cccc(-c2ccc3c4ccc(-c5ccc(C6CC6)c6c(-c7ccccc7)cccc56)cc4c4ccccc4c3c2)c1CCC.CC. The molecule has 0 nitrogen and oxygen atoms in total. The van der Waals surface area contributed by atoms with Crippen molar-refractivity contribution in [2.45, 2.75) is 73.1 Å². The first kappa shape index (κ1) is 36.3. The molecular weight excluding hydrogens is 661 g/mol. The van der Waals surface area contributed by atoms with Crippen molar-refractivity contribution in [3.63, 3.8) is 0 Å². The molecule has 9 rings (SSSR count). The van der Waals surface area contributed by atoms with Gasteiger partial charge in [-0.25, -0.2) is 0 Å². The maximum Gasteiger partial charge on any atom is -0.00642 e. The highest BCUT2D eigenvalue weighted by Crippen LogP contribution is 2.48. The fraction of sp³-hybridized carbons (Fsp3) is 0.200. The zero-order chi connectivity index (χ0) is 38.1. The minimum atomic E-state index is 0.663. The molecule has 8 aromatic rings. The van der Waals surface area contributed by atoms with Crippen LogP contribution in [0.3, 0.4) is 0 Å². The van der Waals surface area contributed by atoms with Crippen LogP contribution in [0.5, 0.6) is 0 Å². The first-order chi connectivity index (χ1) is 27.1. The monoisotopic (exact) mass is 712 g/mol. The molecule has 8 aromatic carbocycles. The Hall–Kier alpha value is -5.72. The largest absolute Gasteiger partial charge is 0.0874 e. The molecule has 0 spiro atoms. The van der Waals surface area contributed by atoms with Crippen molar-refractivity contribution >= 4 is 48.7 Å². The van der Waals surface area contributed by atoms with Gasteiger partial charge in [-0.3, -0.25) is 0 Å². The minimum absolute atomic E-state index is 0.663. The third-order valence-corrected chi connectivity index (χ3v) is 11.7. The van der Waals surface area contributed by atoms with Crippen molar-refractivity contribution in [2.75, 3.05) is 0 Å². The van der Waals surface area contributed by atoms with E-state index in [4.69, 9.17) is 0 Å². The third kappa shape index (κ3) is 6.59. The molecule has 0 radical (unpaired) electrons. The molecule has 0 amide bonds. The lowest BCUT2D eigenvalue weighted by Crippen LogP contribution is -1.97. The second kappa shape index (κ2) is 15.6. The highest BCUT2D eigenvalue weighted by Gasteiger charge is 2.27. The molecule has 0 heterocycles. The van der Waals surface area contributed by atoms with Gasteiger partial charge in [-0.05, 0) is 162 Å². The topological polar surface area (TPSA) is 0 Å². The molecule has 1 aliphatic rings. The van der Waals surface area contributed by atoms with Gasteiger partial charge in [0, 0.05) is 0 Å². The number of hydrogen-bond acceptors (Lipinski definition) is 0. The van der Waals surface area contributed by atoms with Crippen LogP contribution in [-0.4, -0.2) is 0 Å². The summed E-state index contributed by atoms with van der Waals surface area (Å²) < 4.78 is 0.